The number of hydrogen-bond donors (Lipinski definition) is 2. The Morgan fingerprint density at radius 1 is 1.18 bits per heavy atom. The minimum atomic E-state index is -0.730. The first-order valence-corrected chi connectivity index (χ1v) is 9.31. The highest BCUT2D eigenvalue weighted by molar-refractivity contribution is 7.18. The number of rotatable bonds is 7. The van der Waals surface area contributed by atoms with Crippen LogP contribution in [-0.4, -0.2) is 31.0 Å². The van der Waals surface area contributed by atoms with Gasteiger partial charge in [0, 0.05) is 6.08 Å². The van der Waals surface area contributed by atoms with Gasteiger partial charge in [0.05, 0.1) is 18.8 Å². The molecular weight excluding hydrogens is 380 g/mol. The summed E-state index contributed by atoms with van der Waals surface area (Å²) in [5.74, 6) is -1.04. The van der Waals surface area contributed by atoms with Gasteiger partial charge in [-0.1, -0.05) is 12.1 Å². The molecule has 0 spiro atoms. The van der Waals surface area contributed by atoms with E-state index < -0.39 is 17.8 Å². The number of amides is 2. The largest absolute Gasteiger partial charge is 0.497 e. The van der Waals surface area contributed by atoms with Crippen LogP contribution in [-0.2, 0) is 9.53 Å². The van der Waals surface area contributed by atoms with Crippen LogP contribution in [0.2, 0.25) is 0 Å². The van der Waals surface area contributed by atoms with Gasteiger partial charge in [0.1, 0.15) is 15.6 Å². The second-order valence-electron chi connectivity index (χ2n) is 6.17. The van der Waals surface area contributed by atoms with Crippen LogP contribution < -0.4 is 15.8 Å². The molecule has 28 heavy (non-hydrogen) atoms. The standard InChI is InChI=1S/C20H22N2O5S/c1-11(2)27-20(25)17-12(3)16(18(21)24)19(28-17)22-15(23)10-7-13-5-8-14(26-4)9-6-13/h5-11H,1-4H3,(H2,21,24)(H,22,23). The van der Waals surface area contributed by atoms with Gasteiger partial charge in [0.25, 0.3) is 5.91 Å². The van der Waals surface area contributed by atoms with Crippen LogP contribution in [0.25, 0.3) is 6.08 Å². The van der Waals surface area contributed by atoms with Crippen molar-refractivity contribution < 1.29 is 23.9 Å². The lowest BCUT2D eigenvalue weighted by Crippen LogP contribution is -2.16. The van der Waals surface area contributed by atoms with Gasteiger partial charge < -0.3 is 20.5 Å². The predicted octanol–water partition coefficient (Wildman–Crippen LogP) is 3.38. The third-order valence-corrected chi connectivity index (χ3v) is 4.89. The molecule has 0 radical (unpaired) electrons. The van der Waals surface area contributed by atoms with Crippen molar-refractivity contribution in [3.8, 4) is 5.75 Å². The summed E-state index contributed by atoms with van der Waals surface area (Å²) in [5, 5.41) is 2.83. The summed E-state index contributed by atoms with van der Waals surface area (Å²) >= 11 is 0.962. The zero-order valence-electron chi connectivity index (χ0n) is 16.1. The summed E-state index contributed by atoms with van der Waals surface area (Å²) < 4.78 is 10.3. The number of benzene rings is 1. The molecule has 3 N–H and O–H groups in total. The van der Waals surface area contributed by atoms with Crippen molar-refractivity contribution in [2.24, 2.45) is 5.73 Å². The lowest BCUT2D eigenvalue weighted by atomic mass is 10.1. The maximum atomic E-state index is 12.3. The van der Waals surface area contributed by atoms with E-state index in [1.165, 1.54) is 6.08 Å². The Morgan fingerprint density at radius 3 is 2.36 bits per heavy atom. The molecule has 0 bridgehead atoms. The van der Waals surface area contributed by atoms with Crippen molar-refractivity contribution in [3.05, 3.63) is 51.9 Å². The van der Waals surface area contributed by atoms with Crippen molar-refractivity contribution in [1.82, 2.24) is 0 Å². The highest BCUT2D eigenvalue weighted by Gasteiger charge is 2.25. The van der Waals surface area contributed by atoms with E-state index >= 15 is 0 Å². The van der Waals surface area contributed by atoms with E-state index in [1.54, 1.807) is 58.2 Å². The van der Waals surface area contributed by atoms with Crippen LogP contribution in [0.4, 0.5) is 5.00 Å². The van der Waals surface area contributed by atoms with Crippen molar-refractivity contribution in [3.63, 3.8) is 0 Å². The molecule has 7 nitrogen and oxygen atoms in total. The van der Waals surface area contributed by atoms with E-state index in [9.17, 15) is 14.4 Å². The first-order valence-electron chi connectivity index (χ1n) is 8.50. The fraction of sp³-hybridized carbons (Fsp3) is 0.250. The first kappa shape index (κ1) is 21.2. The maximum absolute atomic E-state index is 12.3. The van der Waals surface area contributed by atoms with Crippen LogP contribution >= 0.6 is 11.3 Å². The Bertz CT molecular complexity index is 913. The predicted molar refractivity (Wildman–Crippen MR) is 109 cm³/mol. The van der Waals surface area contributed by atoms with Crippen LogP contribution in [0.15, 0.2) is 30.3 Å². The molecule has 2 rings (SSSR count). The van der Waals surface area contributed by atoms with E-state index in [4.69, 9.17) is 15.2 Å². The molecule has 0 fully saturated rings. The van der Waals surface area contributed by atoms with E-state index in [2.05, 4.69) is 5.32 Å². The van der Waals surface area contributed by atoms with E-state index in [1.807, 2.05) is 0 Å². The molecule has 0 aliphatic carbocycles. The number of hydrogen-bond acceptors (Lipinski definition) is 6. The molecule has 1 aromatic carbocycles. The molecule has 148 valence electrons. The zero-order valence-corrected chi connectivity index (χ0v) is 16.9. The number of carbonyl (C=O) groups excluding carboxylic acids is 3. The molecule has 0 atom stereocenters. The number of esters is 1. The van der Waals surface area contributed by atoms with Gasteiger partial charge in [-0.25, -0.2) is 4.79 Å². The summed E-state index contributed by atoms with van der Waals surface area (Å²) in [6, 6.07) is 7.15. The van der Waals surface area contributed by atoms with E-state index in [0.29, 0.717) is 11.3 Å². The molecule has 0 saturated heterocycles. The second-order valence-corrected chi connectivity index (χ2v) is 7.19. The van der Waals surface area contributed by atoms with Gasteiger partial charge in [-0.15, -0.1) is 11.3 Å². The molecule has 1 aromatic heterocycles. The number of nitrogens with one attached hydrogen (secondary N) is 1. The lowest BCUT2D eigenvalue weighted by Gasteiger charge is -2.06. The Labute approximate surface area is 167 Å². The van der Waals surface area contributed by atoms with E-state index in [-0.39, 0.29) is 21.5 Å². The zero-order chi connectivity index (χ0) is 20.8. The average Bonchev–Trinajstić information content (AvgIpc) is 2.96. The molecular formula is C20H22N2O5S. The maximum Gasteiger partial charge on any atom is 0.348 e. The van der Waals surface area contributed by atoms with Gasteiger partial charge in [-0.3, -0.25) is 9.59 Å². The Morgan fingerprint density at radius 2 is 1.82 bits per heavy atom. The third-order valence-electron chi connectivity index (χ3n) is 3.70. The fourth-order valence-electron chi connectivity index (χ4n) is 2.40. The normalized spacial score (nSPS) is 10.9. The van der Waals surface area contributed by atoms with E-state index in [0.717, 1.165) is 16.9 Å². The average molecular weight is 402 g/mol. The summed E-state index contributed by atoms with van der Waals surface area (Å²) in [7, 11) is 1.57. The molecule has 0 saturated carbocycles. The number of ether oxygens (including phenoxy) is 2. The Balaban J connectivity index is 2.21. The van der Waals surface area contributed by atoms with Crippen LogP contribution in [0.5, 0.6) is 5.75 Å². The fourth-order valence-corrected chi connectivity index (χ4v) is 3.50. The minimum Gasteiger partial charge on any atom is -0.497 e. The Hall–Kier alpha value is -3.13. The molecule has 2 amide bonds. The highest BCUT2D eigenvalue weighted by atomic mass is 32.1. The first-order chi connectivity index (χ1) is 13.2. The number of primary amides is 1. The summed E-state index contributed by atoms with van der Waals surface area (Å²) in [4.78, 5) is 36.5. The quantitative estimate of drug-likeness (QED) is 0.545. The topological polar surface area (TPSA) is 108 Å². The van der Waals surface area contributed by atoms with Crippen LogP contribution in [0, 0.1) is 6.92 Å². The number of carbonyl (C=O) groups is 3. The minimum absolute atomic E-state index is 0.104. The SMILES string of the molecule is COc1ccc(C=CC(=O)Nc2sc(C(=O)OC(C)C)c(C)c2C(N)=O)cc1. The van der Waals surface area contributed by atoms with Crippen molar-refractivity contribution >= 4 is 40.2 Å². The summed E-state index contributed by atoms with van der Waals surface area (Å²) in [6.45, 7) is 5.04. The molecule has 0 unspecified atom stereocenters. The Kier molecular flexibility index (Phi) is 6.94. The van der Waals surface area contributed by atoms with Gasteiger partial charge in [0.15, 0.2) is 0 Å². The van der Waals surface area contributed by atoms with Crippen LogP contribution in [0.3, 0.4) is 0 Å². The molecule has 0 aliphatic rings. The smallest absolute Gasteiger partial charge is 0.348 e. The molecule has 0 aliphatic heterocycles. The van der Waals surface area contributed by atoms with Gasteiger partial charge >= 0.3 is 5.97 Å². The highest BCUT2D eigenvalue weighted by Crippen LogP contribution is 2.33. The molecule has 8 heteroatoms. The van der Waals surface area contributed by atoms with Gasteiger partial charge in [0.2, 0.25) is 5.91 Å². The monoisotopic (exact) mass is 402 g/mol. The third kappa shape index (κ3) is 5.20. The second kappa shape index (κ2) is 9.18. The number of methoxy groups -OCH3 is 1. The van der Waals surface area contributed by atoms with Gasteiger partial charge in [-0.05, 0) is 50.1 Å². The lowest BCUT2D eigenvalue weighted by molar-refractivity contribution is -0.111. The van der Waals surface area contributed by atoms with Crippen molar-refractivity contribution in [1.29, 1.82) is 0 Å². The van der Waals surface area contributed by atoms with Crippen LogP contribution in [0.1, 0.15) is 45.0 Å². The summed E-state index contributed by atoms with van der Waals surface area (Å²) in [5.41, 5.74) is 6.72. The number of anilines is 1. The molecule has 2 aromatic rings. The summed E-state index contributed by atoms with van der Waals surface area (Å²) in [6.07, 6.45) is 2.64. The number of nitrogens with two attached hydrogens (primary N) is 1. The number of thiophene rings is 1. The van der Waals surface area contributed by atoms with Gasteiger partial charge in [-0.2, -0.15) is 0 Å². The van der Waals surface area contributed by atoms with Crippen molar-refractivity contribution in [2.75, 3.05) is 12.4 Å². The van der Waals surface area contributed by atoms with Crippen molar-refractivity contribution in [2.45, 2.75) is 26.9 Å². The molecule has 1 heterocycles.